The zero-order valence-corrected chi connectivity index (χ0v) is 16.4. The first-order valence-corrected chi connectivity index (χ1v) is 10.3. The number of nitrogens with zero attached hydrogens (tertiary/aromatic N) is 4. The summed E-state index contributed by atoms with van der Waals surface area (Å²) in [5, 5.41) is 12.5. The van der Waals surface area contributed by atoms with E-state index >= 15 is 0 Å². The Kier molecular flexibility index (Phi) is 4.82. The summed E-state index contributed by atoms with van der Waals surface area (Å²) in [6, 6.07) is 9.96. The Morgan fingerprint density at radius 2 is 1.97 bits per heavy atom. The minimum atomic E-state index is 0.312. The molecule has 7 nitrogen and oxygen atoms in total. The summed E-state index contributed by atoms with van der Waals surface area (Å²) in [5.41, 5.74) is 2.18. The molecule has 0 bridgehead atoms. The third kappa shape index (κ3) is 3.78. The fourth-order valence-corrected chi connectivity index (χ4v) is 4.55. The maximum atomic E-state index is 9.15. The van der Waals surface area contributed by atoms with E-state index < -0.39 is 0 Å². The molecule has 3 aliphatic heterocycles. The maximum absolute atomic E-state index is 9.15. The first-order valence-electron chi connectivity index (χ1n) is 10.3. The molecule has 1 spiro atoms. The second-order valence-electron chi connectivity index (χ2n) is 8.36. The highest BCUT2D eigenvalue weighted by Gasteiger charge is 2.46. The van der Waals surface area contributed by atoms with Crippen LogP contribution >= 0.6 is 0 Å². The van der Waals surface area contributed by atoms with Crippen molar-refractivity contribution in [3.8, 4) is 6.07 Å². The Morgan fingerprint density at radius 3 is 2.72 bits per heavy atom. The van der Waals surface area contributed by atoms with Crippen LogP contribution in [0.15, 0.2) is 30.5 Å². The molecule has 3 aliphatic rings. The van der Waals surface area contributed by atoms with Gasteiger partial charge in [0, 0.05) is 44.5 Å². The standard InChI is InChI=1S/C22H25N5O2/c23-12-16-1-5-24-19(9-16)25-20-10-18(17-2-6-28-7-3-17)11-21(26-20)27-13-22(14-27)4-8-29-15-22/h1,5,9-11,17H,2-4,6-8,13-15H2,(H,24,25,26). The van der Waals surface area contributed by atoms with Crippen LogP contribution in [0.2, 0.25) is 0 Å². The van der Waals surface area contributed by atoms with Gasteiger partial charge in [-0.2, -0.15) is 5.26 Å². The number of aromatic nitrogens is 2. The van der Waals surface area contributed by atoms with Gasteiger partial charge in [-0.05, 0) is 55.0 Å². The first kappa shape index (κ1) is 18.3. The van der Waals surface area contributed by atoms with Gasteiger partial charge in [-0.25, -0.2) is 9.97 Å². The van der Waals surface area contributed by atoms with Crippen molar-refractivity contribution < 1.29 is 9.47 Å². The van der Waals surface area contributed by atoms with E-state index in [0.717, 1.165) is 70.4 Å². The van der Waals surface area contributed by atoms with E-state index in [1.54, 1.807) is 18.3 Å². The molecular weight excluding hydrogens is 366 g/mol. The molecule has 0 amide bonds. The van der Waals surface area contributed by atoms with Crippen molar-refractivity contribution in [2.24, 2.45) is 5.41 Å². The van der Waals surface area contributed by atoms with Gasteiger partial charge in [0.05, 0.1) is 18.2 Å². The molecule has 0 unspecified atom stereocenters. The average molecular weight is 391 g/mol. The van der Waals surface area contributed by atoms with Crippen LogP contribution in [-0.2, 0) is 9.47 Å². The van der Waals surface area contributed by atoms with Gasteiger partial charge in [0.1, 0.15) is 17.5 Å². The van der Waals surface area contributed by atoms with Crippen molar-refractivity contribution in [1.29, 1.82) is 5.26 Å². The molecule has 5 heterocycles. The van der Waals surface area contributed by atoms with Crippen LogP contribution < -0.4 is 10.2 Å². The van der Waals surface area contributed by atoms with Crippen LogP contribution in [0.5, 0.6) is 0 Å². The first-order chi connectivity index (χ1) is 14.2. The summed E-state index contributed by atoms with van der Waals surface area (Å²) in [5.74, 6) is 2.89. The predicted octanol–water partition coefficient (Wildman–Crippen LogP) is 3.21. The number of ether oxygens (including phenoxy) is 2. The zero-order chi connectivity index (χ0) is 19.7. The normalized spacial score (nSPS) is 21.0. The Hall–Kier alpha value is -2.69. The summed E-state index contributed by atoms with van der Waals surface area (Å²) in [6.07, 6.45) is 4.84. The van der Waals surface area contributed by atoms with Crippen LogP contribution in [-0.4, -0.2) is 49.5 Å². The average Bonchev–Trinajstić information content (AvgIpc) is 3.24. The highest BCUT2D eigenvalue weighted by atomic mass is 16.5. The summed E-state index contributed by atoms with van der Waals surface area (Å²) in [4.78, 5) is 11.6. The predicted molar refractivity (Wildman–Crippen MR) is 109 cm³/mol. The molecule has 0 atom stereocenters. The smallest absolute Gasteiger partial charge is 0.134 e. The number of hydrogen-bond donors (Lipinski definition) is 1. The van der Waals surface area contributed by atoms with Crippen LogP contribution in [0.25, 0.3) is 0 Å². The molecule has 3 saturated heterocycles. The van der Waals surface area contributed by atoms with Crippen LogP contribution in [0.1, 0.15) is 36.3 Å². The molecule has 0 radical (unpaired) electrons. The molecule has 7 heteroatoms. The molecule has 5 rings (SSSR count). The fourth-order valence-electron chi connectivity index (χ4n) is 4.55. The van der Waals surface area contributed by atoms with Gasteiger partial charge in [-0.3, -0.25) is 0 Å². The van der Waals surface area contributed by atoms with Crippen molar-refractivity contribution in [2.75, 3.05) is 49.7 Å². The summed E-state index contributed by atoms with van der Waals surface area (Å²) in [7, 11) is 0. The summed E-state index contributed by atoms with van der Waals surface area (Å²) >= 11 is 0. The minimum absolute atomic E-state index is 0.312. The summed E-state index contributed by atoms with van der Waals surface area (Å²) in [6.45, 7) is 5.34. The molecule has 0 aliphatic carbocycles. The SMILES string of the molecule is N#Cc1ccnc(Nc2cc(C3CCOCC3)cc(N3CC4(CCOC4)C3)n2)c1. The molecular formula is C22H25N5O2. The lowest BCUT2D eigenvalue weighted by Crippen LogP contribution is -2.57. The van der Waals surface area contributed by atoms with Crippen LogP contribution in [0, 0.1) is 16.7 Å². The second kappa shape index (κ2) is 7.62. The Balaban J connectivity index is 1.42. The van der Waals surface area contributed by atoms with Gasteiger partial charge in [0.25, 0.3) is 0 Å². The third-order valence-corrected chi connectivity index (χ3v) is 6.23. The van der Waals surface area contributed by atoms with E-state index in [4.69, 9.17) is 19.7 Å². The molecule has 29 heavy (non-hydrogen) atoms. The van der Waals surface area contributed by atoms with E-state index in [9.17, 15) is 0 Å². The van der Waals surface area contributed by atoms with Crippen molar-refractivity contribution in [1.82, 2.24) is 9.97 Å². The van der Waals surface area contributed by atoms with Gasteiger partial charge in [0.2, 0.25) is 0 Å². The number of nitriles is 1. The monoisotopic (exact) mass is 391 g/mol. The zero-order valence-electron chi connectivity index (χ0n) is 16.4. The largest absolute Gasteiger partial charge is 0.381 e. The van der Waals surface area contributed by atoms with E-state index in [1.165, 1.54) is 5.56 Å². The number of nitrogens with one attached hydrogen (secondary N) is 1. The van der Waals surface area contributed by atoms with Gasteiger partial charge in [-0.1, -0.05) is 0 Å². The third-order valence-electron chi connectivity index (χ3n) is 6.23. The summed E-state index contributed by atoms with van der Waals surface area (Å²) < 4.78 is 11.2. The maximum Gasteiger partial charge on any atom is 0.134 e. The van der Waals surface area contributed by atoms with E-state index in [2.05, 4.69) is 33.4 Å². The number of rotatable bonds is 4. The second-order valence-corrected chi connectivity index (χ2v) is 8.36. The highest BCUT2D eigenvalue weighted by Crippen LogP contribution is 2.41. The molecule has 0 aromatic carbocycles. The molecule has 2 aromatic rings. The number of pyridine rings is 2. The minimum Gasteiger partial charge on any atom is -0.381 e. The van der Waals surface area contributed by atoms with Crippen molar-refractivity contribution in [3.63, 3.8) is 0 Å². The van der Waals surface area contributed by atoms with Gasteiger partial charge in [0.15, 0.2) is 0 Å². The molecule has 0 saturated carbocycles. The highest BCUT2D eigenvalue weighted by molar-refractivity contribution is 5.59. The van der Waals surface area contributed by atoms with Crippen LogP contribution in [0.4, 0.5) is 17.5 Å². The van der Waals surface area contributed by atoms with Crippen molar-refractivity contribution >= 4 is 17.5 Å². The lowest BCUT2D eigenvalue weighted by atomic mass is 9.79. The topological polar surface area (TPSA) is 83.3 Å². The lowest BCUT2D eigenvalue weighted by Gasteiger charge is -2.48. The van der Waals surface area contributed by atoms with E-state index in [0.29, 0.717) is 22.7 Å². The fraction of sp³-hybridized carbons (Fsp3) is 0.500. The van der Waals surface area contributed by atoms with E-state index in [1.807, 2.05) is 0 Å². The Bertz CT molecular complexity index is 921. The van der Waals surface area contributed by atoms with Gasteiger partial charge in [-0.15, -0.1) is 0 Å². The lowest BCUT2D eigenvalue weighted by molar-refractivity contribution is 0.0853. The van der Waals surface area contributed by atoms with Crippen LogP contribution in [0.3, 0.4) is 0 Å². The van der Waals surface area contributed by atoms with E-state index in [-0.39, 0.29) is 0 Å². The molecule has 1 N–H and O–H groups in total. The number of hydrogen-bond acceptors (Lipinski definition) is 7. The molecule has 3 fully saturated rings. The number of anilines is 3. The Morgan fingerprint density at radius 1 is 1.10 bits per heavy atom. The van der Waals surface area contributed by atoms with Crippen molar-refractivity contribution in [2.45, 2.75) is 25.2 Å². The molecule has 150 valence electrons. The quantitative estimate of drug-likeness (QED) is 0.857. The van der Waals surface area contributed by atoms with Gasteiger partial charge < -0.3 is 19.7 Å². The van der Waals surface area contributed by atoms with Gasteiger partial charge >= 0.3 is 0 Å². The van der Waals surface area contributed by atoms with Crippen molar-refractivity contribution in [3.05, 3.63) is 41.6 Å². The molecule has 2 aromatic heterocycles. The Labute approximate surface area is 170 Å².